The van der Waals surface area contributed by atoms with E-state index in [-0.39, 0.29) is 17.3 Å². The van der Waals surface area contributed by atoms with Crippen LogP contribution in [0.5, 0.6) is 11.5 Å². The van der Waals surface area contributed by atoms with E-state index in [1.165, 1.54) is 19.3 Å². The molecule has 0 aliphatic heterocycles. The topological polar surface area (TPSA) is 63.6 Å². The van der Waals surface area contributed by atoms with E-state index in [9.17, 15) is 14.7 Å². The highest BCUT2D eigenvalue weighted by molar-refractivity contribution is 6.10. The van der Waals surface area contributed by atoms with Crippen molar-refractivity contribution in [2.24, 2.45) is 11.3 Å². The number of aromatic hydroxyl groups is 1. The normalized spacial score (nSPS) is 13.2. The average molecular weight is 290 g/mol. The van der Waals surface area contributed by atoms with E-state index in [1.807, 2.05) is 0 Å². The van der Waals surface area contributed by atoms with E-state index in [4.69, 9.17) is 4.74 Å². The lowest BCUT2D eigenvalue weighted by Gasteiger charge is -2.20. The Morgan fingerprint density at radius 3 is 2.43 bits per heavy atom. The van der Waals surface area contributed by atoms with Crippen LogP contribution in [0.1, 0.15) is 33.3 Å². The van der Waals surface area contributed by atoms with Gasteiger partial charge in [0, 0.05) is 5.41 Å². The molecule has 0 fully saturated rings. The Hall–Kier alpha value is -2.10. The van der Waals surface area contributed by atoms with E-state index in [0.717, 1.165) is 0 Å². The first-order valence-corrected chi connectivity index (χ1v) is 6.80. The van der Waals surface area contributed by atoms with E-state index >= 15 is 0 Å². The first kappa shape index (κ1) is 17.0. The fourth-order valence-corrected chi connectivity index (χ4v) is 1.90. The number of Topliss-reactive ketones (excluding diaryl/α,β-unsaturated/α-hetero) is 1. The maximum Gasteiger partial charge on any atom is 0.165 e. The predicted octanol–water partition coefficient (Wildman–Crippen LogP) is 3.23. The third-order valence-electron chi connectivity index (χ3n) is 3.20. The number of phenols is 1. The predicted molar refractivity (Wildman–Crippen MR) is 82.3 cm³/mol. The Morgan fingerprint density at radius 1 is 1.29 bits per heavy atom. The van der Waals surface area contributed by atoms with Crippen LogP contribution in [0.15, 0.2) is 24.3 Å². The molecule has 0 radical (unpaired) electrons. The molecule has 21 heavy (non-hydrogen) atoms. The third kappa shape index (κ3) is 4.45. The van der Waals surface area contributed by atoms with Crippen LogP contribution in [0.2, 0.25) is 0 Å². The summed E-state index contributed by atoms with van der Waals surface area (Å²) < 4.78 is 5.00. The molecule has 0 amide bonds. The van der Waals surface area contributed by atoms with Crippen LogP contribution in [-0.4, -0.2) is 23.8 Å². The first-order chi connectivity index (χ1) is 9.66. The SMILES string of the molecule is COc1cc(C=CC(=O)C(C)C(=O)C(C)(C)C)ccc1O. The summed E-state index contributed by atoms with van der Waals surface area (Å²) in [6.45, 7) is 7.02. The van der Waals surface area contributed by atoms with Gasteiger partial charge in [-0.2, -0.15) is 0 Å². The number of hydrogen-bond donors (Lipinski definition) is 1. The van der Waals surface area contributed by atoms with Crippen molar-refractivity contribution < 1.29 is 19.4 Å². The second-order valence-corrected chi connectivity index (χ2v) is 6.00. The number of carbonyl (C=O) groups is 2. The number of ketones is 2. The molecular formula is C17H22O4. The van der Waals surface area contributed by atoms with Crippen molar-refractivity contribution in [2.45, 2.75) is 27.7 Å². The summed E-state index contributed by atoms with van der Waals surface area (Å²) in [6.07, 6.45) is 3.00. The zero-order chi connectivity index (χ0) is 16.2. The van der Waals surface area contributed by atoms with Crippen LogP contribution < -0.4 is 4.74 Å². The highest BCUT2D eigenvalue weighted by atomic mass is 16.5. The summed E-state index contributed by atoms with van der Waals surface area (Å²) in [5, 5.41) is 9.50. The van der Waals surface area contributed by atoms with Gasteiger partial charge in [0.1, 0.15) is 5.78 Å². The Kier molecular flexibility index (Phi) is 5.30. The third-order valence-corrected chi connectivity index (χ3v) is 3.20. The number of phenolic OH excluding ortho intramolecular Hbond substituents is 1. The standard InChI is InChI=1S/C17H22O4/c1-11(16(20)17(2,3)4)13(18)8-6-12-7-9-14(19)15(10-12)21-5/h6-11,19H,1-5H3. The van der Waals surface area contributed by atoms with Gasteiger partial charge in [-0.3, -0.25) is 9.59 Å². The van der Waals surface area contributed by atoms with Gasteiger partial charge >= 0.3 is 0 Å². The molecule has 1 aromatic rings. The van der Waals surface area contributed by atoms with Gasteiger partial charge in [0.2, 0.25) is 0 Å². The van der Waals surface area contributed by atoms with Gasteiger partial charge in [-0.1, -0.05) is 32.9 Å². The van der Waals surface area contributed by atoms with Crippen molar-refractivity contribution in [1.82, 2.24) is 0 Å². The molecule has 4 heteroatoms. The van der Waals surface area contributed by atoms with Crippen molar-refractivity contribution in [1.29, 1.82) is 0 Å². The number of carbonyl (C=O) groups excluding carboxylic acids is 2. The highest BCUT2D eigenvalue weighted by Gasteiger charge is 2.29. The Balaban J connectivity index is 2.85. The summed E-state index contributed by atoms with van der Waals surface area (Å²) in [5.41, 5.74) is 0.179. The van der Waals surface area contributed by atoms with Crippen molar-refractivity contribution in [3.05, 3.63) is 29.8 Å². The van der Waals surface area contributed by atoms with Crippen LogP contribution in [-0.2, 0) is 9.59 Å². The maximum atomic E-state index is 12.1. The van der Waals surface area contributed by atoms with Gasteiger partial charge in [-0.05, 0) is 30.7 Å². The summed E-state index contributed by atoms with van der Waals surface area (Å²) in [6, 6.07) is 4.78. The van der Waals surface area contributed by atoms with Gasteiger partial charge in [0.15, 0.2) is 17.3 Å². The minimum Gasteiger partial charge on any atom is -0.504 e. The van der Waals surface area contributed by atoms with Crippen LogP contribution in [0.3, 0.4) is 0 Å². The number of ether oxygens (including phenoxy) is 1. The Labute approximate surface area is 125 Å². The second kappa shape index (κ2) is 6.57. The molecule has 0 aromatic heterocycles. The number of benzene rings is 1. The fourth-order valence-electron chi connectivity index (χ4n) is 1.90. The molecule has 0 saturated carbocycles. The molecule has 114 valence electrons. The Bertz CT molecular complexity index is 565. The number of allylic oxidation sites excluding steroid dienone is 1. The molecule has 1 aromatic carbocycles. The first-order valence-electron chi connectivity index (χ1n) is 6.80. The van der Waals surface area contributed by atoms with Gasteiger partial charge in [-0.25, -0.2) is 0 Å². The van der Waals surface area contributed by atoms with Gasteiger partial charge in [0.25, 0.3) is 0 Å². The molecule has 1 rings (SSSR count). The van der Waals surface area contributed by atoms with Gasteiger partial charge in [-0.15, -0.1) is 0 Å². The molecule has 0 aliphatic rings. The molecule has 1 atom stereocenters. The van der Waals surface area contributed by atoms with Crippen LogP contribution >= 0.6 is 0 Å². The van der Waals surface area contributed by atoms with Crippen LogP contribution in [0.4, 0.5) is 0 Å². The fraction of sp³-hybridized carbons (Fsp3) is 0.412. The zero-order valence-corrected chi connectivity index (χ0v) is 13.1. The molecule has 0 spiro atoms. The van der Waals surface area contributed by atoms with E-state index in [2.05, 4.69) is 0 Å². The molecule has 1 unspecified atom stereocenters. The largest absolute Gasteiger partial charge is 0.504 e. The molecule has 1 N–H and O–H groups in total. The lowest BCUT2D eigenvalue weighted by molar-refractivity contribution is -0.135. The molecule has 0 heterocycles. The molecule has 0 aliphatic carbocycles. The highest BCUT2D eigenvalue weighted by Crippen LogP contribution is 2.27. The summed E-state index contributed by atoms with van der Waals surface area (Å²) in [7, 11) is 1.46. The van der Waals surface area contributed by atoms with Gasteiger partial charge in [0.05, 0.1) is 13.0 Å². The molecule has 0 saturated heterocycles. The van der Waals surface area contributed by atoms with Crippen molar-refractivity contribution in [2.75, 3.05) is 7.11 Å². The molecule has 4 nitrogen and oxygen atoms in total. The minimum atomic E-state index is -0.666. The lowest BCUT2D eigenvalue weighted by Crippen LogP contribution is -2.30. The average Bonchev–Trinajstić information content (AvgIpc) is 2.43. The zero-order valence-electron chi connectivity index (χ0n) is 13.1. The molecular weight excluding hydrogens is 268 g/mol. The second-order valence-electron chi connectivity index (χ2n) is 6.00. The number of rotatable bonds is 5. The summed E-state index contributed by atoms with van der Waals surface area (Å²) in [4.78, 5) is 24.1. The monoisotopic (exact) mass is 290 g/mol. The number of hydrogen-bond acceptors (Lipinski definition) is 4. The lowest BCUT2D eigenvalue weighted by atomic mass is 9.82. The van der Waals surface area contributed by atoms with Crippen LogP contribution in [0.25, 0.3) is 6.08 Å². The van der Waals surface area contributed by atoms with Gasteiger partial charge < -0.3 is 9.84 Å². The van der Waals surface area contributed by atoms with E-state index < -0.39 is 11.3 Å². The smallest absolute Gasteiger partial charge is 0.165 e. The minimum absolute atomic E-state index is 0.0391. The van der Waals surface area contributed by atoms with Crippen molar-refractivity contribution in [3.63, 3.8) is 0 Å². The maximum absolute atomic E-state index is 12.1. The van der Waals surface area contributed by atoms with Crippen molar-refractivity contribution >= 4 is 17.6 Å². The number of methoxy groups -OCH3 is 1. The van der Waals surface area contributed by atoms with Crippen molar-refractivity contribution in [3.8, 4) is 11.5 Å². The Morgan fingerprint density at radius 2 is 1.90 bits per heavy atom. The van der Waals surface area contributed by atoms with Crippen LogP contribution in [0, 0.1) is 11.3 Å². The molecule has 0 bridgehead atoms. The summed E-state index contributed by atoms with van der Waals surface area (Å²) >= 11 is 0. The summed E-state index contributed by atoms with van der Waals surface area (Å²) in [5.74, 6) is -0.608. The van der Waals surface area contributed by atoms with E-state index in [1.54, 1.807) is 45.9 Å². The quantitative estimate of drug-likeness (QED) is 0.668. The van der Waals surface area contributed by atoms with E-state index in [0.29, 0.717) is 11.3 Å².